The lowest BCUT2D eigenvalue weighted by Crippen LogP contribution is -2.25. The first kappa shape index (κ1) is 15.0. The van der Waals surface area contributed by atoms with Crippen molar-refractivity contribution in [3.63, 3.8) is 0 Å². The van der Waals surface area contributed by atoms with Crippen LogP contribution in [0.2, 0.25) is 0 Å². The van der Waals surface area contributed by atoms with Crippen molar-refractivity contribution in [2.24, 2.45) is 11.8 Å². The van der Waals surface area contributed by atoms with E-state index in [4.69, 9.17) is 9.84 Å². The quantitative estimate of drug-likeness (QED) is 0.371. The van der Waals surface area contributed by atoms with E-state index in [2.05, 4.69) is 0 Å². The molecule has 104 valence electrons. The van der Waals surface area contributed by atoms with Crippen molar-refractivity contribution in [3.05, 3.63) is 0 Å². The van der Waals surface area contributed by atoms with Crippen molar-refractivity contribution < 1.29 is 19.4 Å². The van der Waals surface area contributed by atoms with E-state index in [0.717, 1.165) is 25.2 Å². The minimum atomic E-state index is -1.06. The third-order valence-corrected chi connectivity index (χ3v) is 3.42. The number of rotatable bonds is 10. The number of carbonyl (C=O) groups excluding carboxylic acids is 1. The number of hydrogen-bond acceptors (Lipinski definition) is 3. The predicted octanol–water partition coefficient (Wildman–Crippen LogP) is 3.00. The van der Waals surface area contributed by atoms with Gasteiger partial charge in [-0.2, -0.15) is 0 Å². The Hall–Kier alpha value is -1.06. The van der Waals surface area contributed by atoms with Crippen molar-refractivity contribution in [2.75, 3.05) is 6.61 Å². The van der Waals surface area contributed by atoms with Gasteiger partial charge >= 0.3 is 11.9 Å². The van der Waals surface area contributed by atoms with E-state index in [0.29, 0.717) is 6.42 Å². The zero-order chi connectivity index (χ0) is 13.4. The highest BCUT2D eigenvalue weighted by Crippen LogP contribution is 2.34. The number of ether oxygens (including phenoxy) is 1. The highest BCUT2D eigenvalue weighted by Gasteiger charge is 2.26. The highest BCUT2D eigenvalue weighted by atomic mass is 16.5. The largest absolute Gasteiger partial charge is 0.481 e. The van der Waals surface area contributed by atoms with Gasteiger partial charge in [0, 0.05) is 0 Å². The van der Waals surface area contributed by atoms with Crippen LogP contribution in [0.1, 0.15) is 58.3 Å². The molecule has 4 heteroatoms. The Morgan fingerprint density at radius 1 is 1.22 bits per heavy atom. The van der Waals surface area contributed by atoms with Crippen LogP contribution in [0.4, 0.5) is 0 Å². The van der Waals surface area contributed by atoms with Gasteiger partial charge in [0.1, 0.15) is 0 Å². The molecule has 1 aliphatic rings. The summed E-state index contributed by atoms with van der Waals surface area (Å²) >= 11 is 0. The second kappa shape index (κ2) is 8.11. The van der Waals surface area contributed by atoms with Gasteiger partial charge in [0.25, 0.3) is 0 Å². The summed E-state index contributed by atoms with van der Waals surface area (Å²) in [5.41, 5.74) is 0. The Labute approximate surface area is 109 Å². The van der Waals surface area contributed by atoms with Crippen LogP contribution in [0, 0.1) is 11.8 Å². The first-order valence-electron chi connectivity index (χ1n) is 7.04. The van der Waals surface area contributed by atoms with Crippen LogP contribution >= 0.6 is 0 Å². The first-order valence-corrected chi connectivity index (χ1v) is 7.04. The summed E-state index contributed by atoms with van der Waals surface area (Å²) in [6.45, 7) is 1.93. The third kappa shape index (κ3) is 6.03. The van der Waals surface area contributed by atoms with E-state index < -0.39 is 17.9 Å². The number of hydrogen-bond donors (Lipinski definition) is 1. The summed E-state index contributed by atoms with van der Waals surface area (Å²) in [6, 6.07) is 0. The number of unbranched alkanes of at least 4 members (excludes halogenated alkanes) is 3. The molecular weight excluding hydrogens is 232 g/mol. The zero-order valence-electron chi connectivity index (χ0n) is 11.2. The molecule has 0 bridgehead atoms. The average molecular weight is 256 g/mol. The second-order valence-corrected chi connectivity index (χ2v) is 5.08. The Balaban J connectivity index is 2.08. The molecule has 0 aromatic carbocycles. The third-order valence-electron chi connectivity index (χ3n) is 3.42. The first-order chi connectivity index (χ1) is 8.65. The molecule has 1 unspecified atom stereocenters. The number of aliphatic carboxylic acids is 1. The van der Waals surface area contributed by atoms with Gasteiger partial charge in [0.05, 0.1) is 6.61 Å². The van der Waals surface area contributed by atoms with E-state index in [9.17, 15) is 9.59 Å². The van der Waals surface area contributed by atoms with Crippen molar-refractivity contribution >= 4 is 11.9 Å². The number of carbonyl (C=O) groups is 2. The van der Waals surface area contributed by atoms with E-state index in [1.807, 2.05) is 0 Å². The molecule has 0 aromatic rings. The van der Waals surface area contributed by atoms with E-state index in [1.165, 1.54) is 25.7 Å². The van der Waals surface area contributed by atoms with Crippen LogP contribution in [-0.4, -0.2) is 23.7 Å². The normalized spacial score (nSPS) is 16.3. The van der Waals surface area contributed by atoms with E-state index in [-0.39, 0.29) is 6.61 Å². The van der Waals surface area contributed by atoms with Crippen LogP contribution in [0.15, 0.2) is 0 Å². The molecule has 0 amide bonds. The smallest absolute Gasteiger partial charge is 0.320 e. The van der Waals surface area contributed by atoms with Crippen LogP contribution in [-0.2, 0) is 14.3 Å². The van der Waals surface area contributed by atoms with Gasteiger partial charge in [-0.25, -0.2) is 0 Å². The summed E-state index contributed by atoms with van der Waals surface area (Å²) in [7, 11) is 0. The Kier molecular flexibility index (Phi) is 6.76. The summed E-state index contributed by atoms with van der Waals surface area (Å²) in [4.78, 5) is 22.3. The Bertz CT molecular complexity index is 271. The molecule has 0 radical (unpaired) electrons. The van der Waals surface area contributed by atoms with Crippen LogP contribution in [0.5, 0.6) is 0 Å². The molecule has 1 saturated carbocycles. The summed E-state index contributed by atoms with van der Waals surface area (Å²) in [6.07, 6.45) is 8.69. The summed E-state index contributed by atoms with van der Waals surface area (Å²) < 4.78 is 4.76. The Morgan fingerprint density at radius 3 is 2.44 bits per heavy atom. The maximum Gasteiger partial charge on any atom is 0.320 e. The standard InChI is InChI=1S/C14H24O4/c1-2-18-14(17)12(13(15)16)8-6-4-3-5-7-11-9-10-11/h11-12H,2-10H2,1H3,(H,15,16). The molecule has 1 atom stereocenters. The van der Waals surface area contributed by atoms with Gasteiger partial charge < -0.3 is 9.84 Å². The molecule has 0 saturated heterocycles. The minimum Gasteiger partial charge on any atom is -0.481 e. The monoisotopic (exact) mass is 256 g/mol. The van der Waals surface area contributed by atoms with Gasteiger partial charge in [-0.3, -0.25) is 9.59 Å². The van der Waals surface area contributed by atoms with E-state index in [1.54, 1.807) is 6.92 Å². The van der Waals surface area contributed by atoms with Gasteiger partial charge in [-0.1, -0.05) is 44.9 Å². The topological polar surface area (TPSA) is 63.6 Å². The SMILES string of the molecule is CCOC(=O)C(CCCCCCC1CC1)C(=O)O. The van der Waals surface area contributed by atoms with Crippen molar-refractivity contribution in [2.45, 2.75) is 58.3 Å². The van der Waals surface area contributed by atoms with Crippen molar-refractivity contribution in [3.8, 4) is 0 Å². The van der Waals surface area contributed by atoms with E-state index >= 15 is 0 Å². The number of carboxylic acid groups (broad SMARTS) is 1. The molecule has 4 nitrogen and oxygen atoms in total. The molecule has 18 heavy (non-hydrogen) atoms. The average Bonchev–Trinajstić information content (AvgIpc) is 3.11. The molecule has 0 heterocycles. The lowest BCUT2D eigenvalue weighted by Gasteiger charge is -2.10. The minimum absolute atomic E-state index is 0.240. The summed E-state index contributed by atoms with van der Waals surface area (Å²) in [5, 5.41) is 8.95. The van der Waals surface area contributed by atoms with Crippen LogP contribution in [0.3, 0.4) is 0 Å². The maximum absolute atomic E-state index is 11.4. The van der Waals surface area contributed by atoms with Gasteiger partial charge in [0.15, 0.2) is 5.92 Å². The van der Waals surface area contributed by atoms with Crippen LogP contribution in [0.25, 0.3) is 0 Å². The maximum atomic E-state index is 11.4. The van der Waals surface area contributed by atoms with Crippen molar-refractivity contribution in [1.29, 1.82) is 0 Å². The lowest BCUT2D eigenvalue weighted by molar-refractivity contribution is -0.158. The molecule has 0 aromatic heterocycles. The molecular formula is C14H24O4. The highest BCUT2D eigenvalue weighted by molar-refractivity contribution is 5.93. The molecule has 1 rings (SSSR count). The van der Waals surface area contributed by atoms with Crippen LogP contribution < -0.4 is 0 Å². The number of carboxylic acids is 1. The fourth-order valence-corrected chi connectivity index (χ4v) is 2.13. The molecule has 1 N–H and O–H groups in total. The molecule has 1 fully saturated rings. The molecule has 1 aliphatic carbocycles. The number of esters is 1. The van der Waals surface area contributed by atoms with Gasteiger partial charge in [-0.15, -0.1) is 0 Å². The zero-order valence-corrected chi connectivity index (χ0v) is 11.2. The fraction of sp³-hybridized carbons (Fsp3) is 0.857. The second-order valence-electron chi connectivity index (χ2n) is 5.08. The Morgan fingerprint density at radius 2 is 1.89 bits per heavy atom. The van der Waals surface area contributed by atoms with Gasteiger partial charge in [-0.05, 0) is 19.3 Å². The van der Waals surface area contributed by atoms with Crippen molar-refractivity contribution in [1.82, 2.24) is 0 Å². The van der Waals surface area contributed by atoms with Gasteiger partial charge in [0.2, 0.25) is 0 Å². The lowest BCUT2D eigenvalue weighted by atomic mass is 10.0. The molecule has 0 aliphatic heterocycles. The predicted molar refractivity (Wildman–Crippen MR) is 68.2 cm³/mol. The summed E-state index contributed by atoms with van der Waals surface area (Å²) in [5.74, 6) is -1.67. The molecule has 0 spiro atoms. The fourth-order valence-electron chi connectivity index (χ4n) is 2.13.